The van der Waals surface area contributed by atoms with Crippen molar-refractivity contribution in [1.29, 1.82) is 0 Å². The van der Waals surface area contributed by atoms with Gasteiger partial charge in [0.2, 0.25) is 0 Å². The van der Waals surface area contributed by atoms with Gasteiger partial charge in [-0.15, -0.1) is 11.3 Å². The third kappa shape index (κ3) is 4.75. The van der Waals surface area contributed by atoms with E-state index >= 15 is 0 Å². The number of rotatable bonds is 6. The number of hydrogen-bond donors (Lipinski definition) is 2. The highest BCUT2D eigenvalue weighted by molar-refractivity contribution is 7.09. The predicted octanol–water partition coefficient (Wildman–Crippen LogP) is 3.95. The largest absolute Gasteiger partial charge is 0.487 e. The van der Waals surface area contributed by atoms with Gasteiger partial charge in [0.15, 0.2) is 0 Å². The van der Waals surface area contributed by atoms with Crippen LogP contribution in [0.4, 0.5) is 5.69 Å². The second-order valence-corrected chi connectivity index (χ2v) is 7.30. The first-order valence-electron chi connectivity index (χ1n) is 8.74. The molecule has 0 bridgehead atoms. The van der Waals surface area contributed by atoms with E-state index in [1.54, 1.807) is 60.8 Å². The van der Waals surface area contributed by atoms with Crippen LogP contribution in [0.2, 0.25) is 0 Å². The molecule has 2 amide bonds. The summed E-state index contributed by atoms with van der Waals surface area (Å²) in [5.41, 5.74) is 3.36. The molecule has 2 N–H and O–H groups in total. The van der Waals surface area contributed by atoms with Crippen LogP contribution in [0, 0.1) is 13.8 Å². The van der Waals surface area contributed by atoms with Crippen LogP contribution < -0.4 is 15.4 Å². The Kier molecular flexibility index (Phi) is 6.06. The number of thiazole rings is 1. The minimum absolute atomic E-state index is 0.166. The zero-order valence-electron chi connectivity index (χ0n) is 15.9. The number of carbonyl (C=O) groups is 2. The van der Waals surface area contributed by atoms with Crippen molar-refractivity contribution in [1.82, 2.24) is 10.3 Å². The summed E-state index contributed by atoms with van der Waals surface area (Å²) in [6.07, 6.45) is 0. The molecule has 0 atom stereocenters. The second-order valence-electron chi connectivity index (χ2n) is 6.24. The minimum Gasteiger partial charge on any atom is -0.487 e. The van der Waals surface area contributed by atoms with Crippen molar-refractivity contribution in [2.24, 2.45) is 0 Å². The molecule has 0 unspecified atom stereocenters. The number of aryl methyl sites for hydroxylation is 2. The summed E-state index contributed by atoms with van der Waals surface area (Å²) in [7, 11) is 1.58. The molecule has 0 aliphatic rings. The van der Waals surface area contributed by atoms with Gasteiger partial charge in [-0.1, -0.05) is 6.07 Å². The highest BCUT2D eigenvalue weighted by Gasteiger charge is 2.11. The number of hydrogen-bond acceptors (Lipinski definition) is 5. The molecule has 28 heavy (non-hydrogen) atoms. The fraction of sp³-hybridized carbons (Fsp3) is 0.190. The zero-order valence-corrected chi connectivity index (χ0v) is 16.7. The van der Waals surface area contributed by atoms with Crippen molar-refractivity contribution < 1.29 is 14.3 Å². The molecule has 0 fully saturated rings. The Hall–Kier alpha value is -3.19. The Morgan fingerprint density at radius 3 is 2.54 bits per heavy atom. The Morgan fingerprint density at radius 2 is 1.86 bits per heavy atom. The quantitative estimate of drug-likeness (QED) is 0.662. The van der Waals surface area contributed by atoms with Gasteiger partial charge >= 0.3 is 0 Å². The molecule has 144 valence electrons. The maximum absolute atomic E-state index is 12.6. The van der Waals surface area contributed by atoms with E-state index in [4.69, 9.17) is 4.74 Å². The lowest BCUT2D eigenvalue weighted by Gasteiger charge is -2.11. The highest BCUT2D eigenvalue weighted by atomic mass is 32.1. The van der Waals surface area contributed by atoms with Crippen LogP contribution in [0.5, 0.6) is 5.75 Å². The number of carbonyl (C=O) groups excluding carboxylic acids is 2. The molecule has 7 heteroatoms. The van der Waals surface area contributed by atoms with E-state index < -0.39 is 0 Å². The molecule has 0 aliphatic heterocycles. The standard InChI is InChI=1S/C21H21N3O3S/c1-13-9-16(20(25)22-3)7-8-19(13)24-21(26)15-5-4-6-18(10-15)27-11-17-12-28-14(2)23-17/h4-10,12H,11H2,1-3H3,(H,22,25)(H,24,26). The van der Waals surface area contributed by atoms with E-state index in [0.717, 1.165) is 16.3 Å². The van der Waals surface area contributed by atoms with Crippen molar-refractivity contribution in [2.75, 3.05) is 12.4 Å². The first kappa shape index (κ1) is 19.6. The maximum atomic E-state index is 12.6. The fourth-order valence-electron chi connectivity index (χ4n) is 2.64. The van der Waals surface area contributed by atoms with E-state index in [1.165, 1.54) is 0 Å². The number of benzene rings is 2. The van der Waals surface area contributed by atoms with Gasteiger partial charge in [0.05, 0.1) is 10.7 Å². The van der Waals surface area contributed by atoms with Crippen LogP contribution >= 0.6 is 11.3 Å². The Balaban J connectivity index is 1.68. The van der Waals surface area contributed by atoms with E-state index in [9.17, 15) is 9.59 Å². The summed E-state index contributed by atoms with van der Waals surface area (Å²) in [6.45, 7) is 4.15. The SMILES string of the molecule is CNC(=O)c1ccc(NC(=O)c2cccc(OCc3csc(C)n3)c2)c(C)c1. The molecule has 3 aromatic rings. The average molecular weight is 395 g/mol. The van der Waals surface area contributed by atoms with Gasteiger partial charge in [0.1, 0.15) is 12.4 Å². The molecular weight excluding hydrogens is 374 g/mol. The first-order valence-corrected chi connectivity index (χ1v) is 9.62. The van der Waals surface area contributed by atoms with Gasteiger partial charge < -0.3 is 15.4 Å². The van der Waals surface area contributed by atoms with E-state index in [-0.39, 0.29) is 11.8 Å². The predicted molar refractivity (Wildman–Crippen MR) is 110 cm³/mol. The van der Waals surface area contributed by atoms with Crippen LogP contribution in [-0.4, -0.2) is 23.8 Å². The van der Waals surface area contributed by atoms with E-state index in [2.05, 4.69) is 15.6 Å². The monoisotopic (exact) mass is 395 g/mol. The van der Waals surface area contributed by atoms with Crippen molar-refractivity contribution in [3.05, 3.63) is 75.2 Å². The smallest absolute Gasteiger partial charge is 0.255 e. The van der Waals surface area contributed by atoms with Crippen LogP contribution in [0.25, 0.3) is 0 Å². The van der Waals surface area contributed by atoms with E-state index in [1.807, 2.05) is 19.2 Å². The lowest BCUT2D eigenvalue weighted by atomic mass is 10.1. The number of amides is 2. The molecule has 0 radical (unpaired) electrons. The summed E-state index contributed by atoms with van der Waals surface area (Å²) in [6, 6.07) is 12.1. The van der Waals surface area contributed by atoms with Gasteiger partial charge in [-0.05, 0) is 55.8 Å². The van der Waals surface area contributed by atoms with Crippen LogP contribution in [0.15, 0.2) is 47.8 Å². The summed E-state index contributed by atoms with van der Waals surface area (Å²) in [4.78, 5) is 28.7. The molecule has 2 aromatic carbocycles. The van der Waals surface area contributed by atoms with Gasteiger partial charge in [-0.2, -0.15) is 0 Å². The number of ether oxygens (including phenoxy) is 1. The first-order chi connectivity index (χ1) is 13.5. The minimum atomic E-state index is -0.245. The molecule has 0 spiro atoms. The summed E-state index contributed by atoms with van der Waals surface area (Å²) in [5, 5.41) is 8.41. The third-order valence-electron chi connectivity index (χ3n) is 4.11. The lowest BCUT2D eigenvalue weighted by molar-refractivity contribution is 0.0962. The van der Waals surface area contributed by atoms with Gasteiger partial charge in [-0.3, -0.25) is 9.59 Å². The molecule has 1 heterocycles. The molecule has 0 aliphatic carbocycles. The Bertz CT molecular complexity index is 1010. The molecule has 0 saturated heterocycles. The number of nitrogens with one attached hydrogen (secondary N) is 2. The Morgan fingerprint density at radius 1 is 1.07 bits per heavy atom. The normalized spacial score (nSPS) is 10.4. The average Bonchev–Trinajstić information content (AvgIpc) is 3.12. The van der Waals surface area contributed by atoms with Gasteiger partial charge in [0, 0.05) is 29.2 Å². The topological polar surface area (TPSA) is 80.3 Å². The highest BCUT2D eigenvalue weighted by Crippen LogP contribution is 2.20. The molecular formula is C21H21N3O3S. The van der Waals surface area contributed by atoms with E-state index in [0.29, 0.717) is 29.2 Å². The van der Waals surface area contributed by atoms with Crippen molar-refractivity contribution in [2.45, 2.75) is 20.5 Å². The van der Waals surface area contributed by atoms with Crippen LogP contribution in [-0.2, 0) is 6.61 Å². The van der Waals surface area contributed by atoms with Crippen LogP contribution in [0.1, 0.15) is 37.0 Å². The van der Waals surface area contributed by atoms with Crippen LogP contribution in [0.3, 0.4) is 0 Å². The van der Waals surface area contributed by atoms with Gasteiger partial charge in [0.25, 0.3) is 11.8 Å². The molecule has 1 aromatic heterocycles. The van der Waals surface area contributed by atoms with Gasteiger partial charge in [-0.25, -0.2) is 4.98 Å². The fourth-order valence-corrected chi connectivity index (χ4v) is 3.24. The maximum Gasteiger partial charge on any atom is 0.255 e. The van der Waals surface area contributed by atoms with Crippen molar-refractivity contribution >= 4 is 28.8 Å². The molecule has 0 saturated carbocycles. The van der Waals surface area contributed by atoms with Crippen molar-refractivity contribution in [3.63, 3.8) is 0 Å². The second kappa shape index (κ2) is 8.67. The third-order valence-corrected chi connectivity index (χ3v) is 4.94. The molecule has 3 rings (SSSR count). The molecule has 6 nitrogen and oxygen atoms in total. The number of aromatic nitrogens is 1. The lowest BCUT2D eigenvalue weighted by Crippen LogP contribution is -2.18. The number of anilines is 1. The Labute approximate surface area is 167 Å². The number of nitrogens with zero attached hydrogens (tertiary/aromatic N) is 1. The van der Waals surface area contributed by atoms with Crippen molar-refractivity contribution in [3.8, 4) is 5.75 Å². The summed E-state index contributed by atoms with van der Waals surface area (Å²) in [5.74, 6) is 0.192. The summed E-state index contributed by atoms with van der Waals surface area (Å²) >= 11 is 1.57. The zero-order chi connectivity index (χ0) is 20.1. The summed E-state index contributed by atoms with van der Waals surface area (Å²) < 4.78 is 5.74.